The fourth-order valence-corrected chi connectivity index (χ4v) is 3.40. The number of hydrogen-bond donors (Lipinski definition) is 0. The average Bonchev–Trinajstić information content (AvgIpc) is 3.01. The molecule has 0 atom stereocenters. The van der Waals surface area contributed by atoms with Crippen molar-refractivity contribution >= 4 is 21.8 Å². The number of amidine groups is 1. The van der Waals surface area contributed by atoms with Gasteiger partial charge in [0.15, 0.2) is 11.5 Å². The number of ether oxygens (including phenoxy) is 3. The molecule has 0 saturated heterocycles. The molecule has 1 aromatic carbocycles. The molecule has 0 aromatic heterocycles. The highest BCUT2D eigenvalue weighted by Crippen LogP contribution is 2.35. The van der Waals surface area contributed by atoms with Crippen molar-refractivity contribution in [2.24, 2.45) is 4.40 Å². The first-order valence-electron chi connectivity index (χ1n) is 7.11. The zero-order valence-corrected chi connectivity index (χ0v) is 13.2. The summed E-state index contributed by atoms with van der Waals surface area (Å²) in [7, 11) is -3.42. The van der Waals surface area contributed by atoms with E-state index < -0.39 is 16.0 Å². The van der Waals surface area contributed by atoms with Crippen LogP contribution in [0, 0.1) is 0 Å². The van der Waals surface area contributed by atoms with Crippen LogP contribution in [0.15, 0.2) is 46.5 Å². The summed E-state index contributed by atoms with van der Waals surface area (Å²) in [6, 6.07) is 4.85. The van der Waals surface area contributed by atoms with Gasteiger partial charge in [-0.05, 0) is 24.3 Å². The van der Waals surface area contributed by atoms with Gasteiger partial charge in [-0.25, -0.2) is 13.2 Å². The third kappa shape index (κ3) is 2.73. The number of carbonyl (C=O) groups excluding carboxylic acids is 1. The predicted molar refractivity (Wildman–Crippen MR) is 83.4 cm³/mol. The van der Waals surface area contributed by atoms with Gasteiger partial charge >= 0.3 is 5.97 Å². The van der Waals surface area contributed by atoms with Crippen molar-refractivity contribution in [3.05, 3.63) is 42.1 Å². The summed E-state index contributed by atoms with van der Waals surface area (Å²) < 4.78 is 42.4. The van der Waals surface area contributed by atoms with E-state index in [-0.39, 0.29) is 19.1 Å². The van der Waals surface area contributed by atoms with Crippen molar-refractivity contribution in [3.8, 4) is 17.2 Å². The molecule has 3 heterocycles. The smallest absolute Gasteiger partial charge is 0.345 e. The normalized spacial score (nSPS) is 20.1. The molecule has 3 aliphatic rings. The molecule has 0 fully saturated rings. The molecule has 124 valence electrons. The Morgan fingerprint density at radius 2 is 2.04 bits per heavy atom. The minimum absolute atomic E-state index is 0.0919. The van der Waals surface area contributed by atoms with Gasteiger partial charge in [-0.3, -0.25) is 0 Å². The van der Waals surface area contributed by atoms with Gasteiger partial charge in [-0.2, -0.15) is 0 Å². The fourth-order valence-electron chi connectivity index (χ4n) is 2.43. The molecule has 0 unspecified atom stereocenters. The Labute approximate surface area is 137 Å². The van der Waals surface area contributed by atoms with Crippen LogP contribution in [0.3, 0.4) is 0 Å². The Kier molecular flexibility index (Phi) is 3.31. The Hall–Kier alpha value is -2.81. The van der Waals surface area contributed by atoms with Gasteiger partial charge in [0.25, 0.3) is 10.0 Å². The van der Waals surface area contributed by atoms with Gasteiger partial charge in [0, 0.05) is 18.8 Å². The van der Waals surface area contributed by atoms with Crippen molar-refractivity contribution < 1.29 is 27.4 Å². The topological polar surface area (TPSA) is 94.5 Å². The summed E-state index contributed by atoms with van der Waals surface area (Å²) in [6.45, 7) is 0.382. The largest absolute Gasteiger partial charge is 0.454 e. The van der Waals surface area contributed by atoms with Gasteiger partial charge in [-0.15, -0.1) is 4.40 Å². The van der Waals surface area contributed by atoms with Crippen molar-refractivity contribution in [1.82, 2.24) is 4.90 Å². The predicted octanol–water partition coefficient (Wildman–Crippen LogP) is 0.818. The second kappa shape index (κ2) is 5.38. The number of nitrogens with zero attached hydrogens (tertiary/aromatic N) is 2. The van der Waals surface area contributed by atoms with E-state index in [1.54, 1.807) is 23.1 Å². The first-order chi connectivity index (χ1) is 11.5. The Balaban J connectivity index is 1.52. The lowest BCUT2D eigenvalue weighted by Crippen LogP contribution is -2.37. The minimum Gasteiger partial charge on any atom is -0.454 e. The fraction of sp³-hybridized carbons (Fsp3) is 0.200. The lowest BCUT2D eigenvalue weighted by molar-refractivity contribution is -0.129. The highest BCUT2D eigenvalue weighted by Gasteiger charge is 2.25. The Morgan fingerprint density at radius 3 is 2.92 bits per heavy atom. The van der Waals surface area contributed by atoms with E-state index in [4.69, 9.17) is 14.2 Å². The first kappa shape index (κ1) is 14.8. The summed E-state index contributed by atoms with van der Waals surface area (Å²) in [5.41, 5.74) is 0.297. The van der Waals surface area contributed by atoms with Crippen LogP contribution in [-0.2, 0) is 14.8 Å². The molecule has 1 aromatic rings. The number of sulfonamides is 1. The van der Waals surface area contributed by atoms with E-state index >= 15 is 0 Å². The molecule has 0 N–H and O–H groups in total. The lowest BCUT2D eigenvalue weighted by atomic mass is 10.2. The molecule has 0 spiro atoms. The molecular weight excluding hydrogens is 336 g/mol. The van der Waals surface area contributed by atoms with Crippen LogP contribution in [0.1, 0.15) is 0 Å². The van der Waals surface area contributed by atoms with Crippen LogP contribution in [0.5, 0.6) is 17.2 Å². The molecular formula is C15H12N2O6S. The van der Waals surface area contributed by atoms with Crippen molar-refractivity contribution in [2.45, 2.75) is 0 Å². The van der Waals surface area contributed by atoms with Gasteiger partial charge in [0.05, 0.1) is 11.3 Å². The van der Waals surface area contributed by atoms with E-state index in [1.165, 1.54) is 18.4 Å². The molecule has 4 rings (SSSR count). The maximum atomic E-state index is 12.3. The lowest BCUT2D eigenvalue weighted by Gasteiger charge is -2.26. The second-order valence-corrected chi connectivity index (χ2v) is 7.01. The van der Waals surface area contributed by atoms with Crippen molar-refractivity contribution in [2.75, 3.05) is 19.1 Å². The summed E-state index contributed by atoms with van der Waals surface area (Å²) >= 11 is 0. The van der Waals surface area contributed by atoms with Crippen LogP contribution in [-0.4, -0.2) is 44.2 Å². The molecule has 0 amide bonds. The molecule has 9 heteroatoms. The Bertz CT molecular complexity index is 916. The van der Waals surface area contributed by atoms with Gasteiger partial charge in [0.1, 0.15) is 11.6 Å². The quantitative estimate of drug-likeness (QED) is 0.577. The van der Waals surface area contributed by atoms with Crippen molar-refractivity contribution in [1.29, 1.82) is 0 Å². The first-order valence-corrected chi connectivity index (χ1v) is 8.72. The zero-order chi connectivity index (χ0) is 16.7. The SMILES string of the molecule is O=C(Oc1ccc2c(c1)OCO2)C1=CN2CCS(=O)(=O)N=C2C=C1. The van der Waals surface area contributed by atoms with E-state index in [9.17, 15) is 13.2 Å². The van der Waals surface area contributed by atoms with E-state index in [2.05, 4.69) is 4.40 Å². The number of benzene rings is 1. The monoisotopic (exact) mass is 348 g/mol. The highest BCUT2D eigenvalue weighted by atomic mass is 32.2. The third-order valence-corrected chi connectivity index (χ3v) is 4.78. The molecule has 0 bridgehead atoms. The summed E-state index contributed by atoms with van der Waals surface area (Å²) in [4.78, 5) is 13.9. The number of rotatable bonds is 2. The molecule has 0 radical (unpaired) electrons. The number of esters is 1. The minimum atomic E-state index is -3.42. The summed E-state index contributed by atoms with van der Waals surface area (Å²) in [5.74, 6) is 1.09. The number of fused-ring (bicyclic) bond motifs is 2. The third-order valence-electron chi connectivity index (χ3n) is 3.61. The second-order valence-electron chi connectivity index (χ2n) is 5.25. The molecule has 24 heavy (non-hydrogen) atoms. The van der Waals surface area contributed by atoms with E-state index in [0.717, 1.165) is 0 Å². The van der Waals surface area contributed by atoms with Crippen LogP contribution in [0.4, 0.5) is 0 Å². The maximum Gasteiger partial charge on any atom is 0.345 e. The van der Waals surface area contributed by atoms with Crippen LogP contribution in [0.2, 0.25) is 0 Å². The molecule has 8 nitrogen and oxygen atoms in total. The summed E-state index contributed by atoms with van der Waals surface area (Å²) in [6.07, 6.45) is 4.49. The highest BCUT2D eigenvalue weighted by molar-refractivity contribution is 7.90. The standard InChI is InChI=1S/C15H12N2O6S/c18-15(23-11-2-3-12-13(7-11)22-9-21-12)10-1-4-14-16-24(19,20)6-5-17(14)8-10/h1-4,7-8H,5-6,9H2. The van der Waals surface area contributed by atoms with Gasteiger partial charge in [0.2, 0.25) is 6.79 Å². The van der Waals surface area contributed by atoms with Crippen molar-refractivity contribution in [3.63, 3.8) is 0 Å². The number of hydrogen-bond acceptors (Lipinski definition) is 7. The van der Waals surface area contributed by atoms with Crippen LogP contribution >= 0.6 is 0 Å². The zero-order valence-electron chi connectivity index (χ0n) is 12.3. The summed E-state index contributed by atoms with van der Waals surface area (Å²) in [5, 5.41) is 0. The molecule has 0 saturated carbocycles. The van der Waals surface area contributed by atoms with E-state index in [1.807, 2.05) is 0 Å². The molecule has 3 aliphatic heterocycles. The van der Waals surface area contributed by atoms with Crippen LogP contribution < -0.4 is 14.2 Å². The van der Waals surface area contributed by atoms with Crippen LogP contribution in [0.25, 0.3) is 0 Å². The van der Waals surface area contributed by atoms with Gasteiger partial charge in [-0.1, -0.05) is 0 Å². The van der Waals surface area contributed by atoms with E-state index in [0.29, 0.717) is 28.7 Å². The average molecular weight is 348 g/mol. The molecule has 0 aliphatic carbocycles. The Morgan fingerprint density at radius 1 is 1.21 bits per heavy atom. The maximum absolute atomic E-state index is 12.3. The number of carbonyl (C=O) groups is 1. The van der Waals surface area contributed by atoms with Gasteiger partial charge < -0.3 is 19.1 Å².